The van der Waals surface area contributed by atoms with Gasteiger partial charge in [0.25, 0.3) is 0 Å². The second-order valence-corrected chi connectivity index (χ2v) is 6.03. The van der Waals surface area contributed by atoms with E-state index in [0.717, 1.165) is 37.4 Å². The van der Waals surface area contributed by atoms with E-state index in [9.17, 15) is 4.79 Å². The molecule has 2 aliphatic rings. The molecule has 0 aliphatic carbocycles. The molecule has 0 bridgehead atoms. The van der Waals surface area contributed by atoms with Crippen LogP contribution in [-0.2, 0) is 6.42 Å². The van der Waals surface area contributed by atoms with Gasteiger partial charge in [0.05, 0.1) is 0 Å². The van der Waals surface area contributed by atoms with Crippen molar-refractivity contribution >= 4 is 5.78 Å². The third-order valence-corrected chi connectivity index (χ3v) is 4.32. The van der Waals surface area contributed by atoms with Gasteiger partial charge in [0, 0.05) is 24.9 Å². The van der Waals surface area contributed by atoms with E-state index in [2.05, 4.69) is 11.8 Å². The van der Waals surface area contributed by atoms with Crippen molar-refractivity contribution in [1.82, 2.24) is 4.90 Å². The van der Waals surface area contributed by atoms with Gasteiger partial charge < -0.3 is 9.64 Å². The number of ketones is 1. The van der Waals surface area contributed by atoms with Gasteiger partial charge in [-0.05, 0) is 56.6 Å². The lowest BCUT2D eigenvalue weighted by Crippen LogP contribution is -2.31. The molecule has 3 rings (SSSR count). The molecule has 1 aromatic rings. The number of ether oxygens (including phenoxy) is 1. The lowest BCUT2D eigenvalue weighted by atomic mass is 10.0. The van der Waals surface area contributed by atoms with Crippen LogP contribution >= 0.6 is 0 Å². The monoisotopic (exact) mass is 273 g/mol. The van der Waals surface area contributed by atoms with Gasteiger partial charge >= 0.3 is 0 Å². The van der Waals surface area contributed by atoms with Crippen LogP contribution in [-0.4, -0.2) is 36.4 Å². The number of piperidine rings is 1. The second-order valence-electron chi connectivity index (χ2n) is 6.03. The Kier molecular flexibility index (Phi) is 4.06. The molecule has 108 valence electrons. The zero-order chi connectivity index (χ0) is 13.9. The van der Waals surface area contributed by atoms with Crippen molar-refractivity contribution in [2.45, 2.75) is 45.1 Å². The predicted molar refractivity (Wildman–Crippen MR) is 79.5 cm³/mol. The van der Waals surface area contributed by atoms with E-state index in [1.807, 2.05) is 18.2 Å². The van der Waals surface area contributed by atoms with Gasteiger partial charge in [-0.3, -0.25) is 4.79 Å². The minimum atomic E-state index is 0.240. The van der Waals surface area contributed by atoms with Gasteiger partial charge in [0.1, 0.15) is 11.9 Å². The Hall–Kier alpha value is -1.35. The first-order valence-corrected chi connectivity index (χ1v) is 7.77. The molecule has 3 nitrogen and oxygen atoms in total. The fourth-order valence-corrected chi connectivity index (χ4v) is 3.18. The molecule has 3 heteroatoms. The van der Waals surface area contributed by atoms with Crippen molar-refractivity contribution in [3.63, 3.8) is 0 Å². The number of carbonyl (C=O) groups is 1. The molecule has 1 aromatic carbocycles. The highest BCUT2D eigenvalue weighted by atomic mass is 16.5. The Balaban J connectivity index is 1.58. The quantitative estimate of drug-likeness (QED) is 0.790. The Morgan fingerprint density at radius 2 is 2.10 bits per heavy atom. The summed E-state index contributed by atoms with van der Waals surface area (Å²) in [7, 11) is 0. The zero-order valence-electron chi connectivity index (χ0n) is 12.2. The van der Waals surface area contributed by atoms with Crippen LogP contribution in [0.15, 0.2) is 18.2 Å². The normalized spacial score (nSPS) is 22.4. The molecule has 2 aliphatic heterocycles. The van der Waals surface area contributed by atoms with Crippen LogP contribution in [0.3, 0.4) is 0 Å². The average Bonchev–Trinajstić information content (AvgIpc) is 2.85. The maximum atomic E-state index is 12.3. The third-order valence-electron chi connectivity index (χ3n) is 4.32. The lowest BCUT2D eigenvalue weighted by Gasteiger charge is -2.25. The van der Waals surface area contributed by atoms with Gasteiger partial charge in [-0.25, -0.2) is 0 Å². The van der Waals surface area contributed by atoms with E-state index < -0.39 is 0 Å². The number of carbonyl (C=O) groups excluding carboxylic acids is 1. The summed E-state index contributed by atoms with van der Waals surface area (Å²) in [4.78, 5) is 14.7. The third kappa shape index (κ3) is 3.04. The first-order valence-electron chi connectivity index (χ1n) is 7.77. The first kappa shape index (κ1) is 13.6. The van der Waals surface area contributed by atoms with Crippen molar-refractivity contribution in [1.29, 1.82) is 0 Å². The summed E-state index contributed by atoms with van der Waals surface area (Å²) in [6, 6.07) is 5.89. The van der Waals surface area contributed by atoms with Crippen molar-refractivity contribution in [3.8, 4) is 5.75 Å². The average molecular weight is 273 g/mol. The minimum Gasteiger partial charge on any atom is -0.490 e. The first-order chi connectivity index (χ1) is 9.72. The lowest BCUT2D eigenvalue weighted by molar-refractivity contribution is 0.0958. The molecule has 2 heterocycles. The molecule has 0 radical (unpaired) electrons. The topological polar surface area (TPSA) is 29.5 Å². The number of nitrogens with zero attached hydrogens (tertiary/aromatic N) is 1. The number of benzene rings is 1. The summed E-state index contributed by atoms with van der Waals surface area (Å²) >= 11 is 0. The Morgan fingerprint density at radius 3 is 2.90 bits per heavy atom. The number of fused-ring (bicyclic) bond motifs is 1. The van der Waals surface area contributed by atoms with E-state index in [1.165, 1.54) is 24.8 Å². The largest absolute Gasteiger partial charge is 0.490 e. The maximum Gasteiger partial charge on any atom is 0.164 e. The van der Waals surface area contributed by atoms with Gasteiger partial charge in [-0.1, -0.05) is 6.42 Å². The highest BCUT2D eigenvalue weighted by molar-refractivity contribution is 5.96. The Labute approximate surface area is 120 Å². The van der Waals surface area contributed by atoms with E-state index in [0.29, 0.717) is 6.42 Å². The summed E-state index contributed by atoms with van der Waals surface area (Å²) in [6.07, 6.45) is 5.69. The molecule has 1 saturated heterocycles. The van der Waals surface area contributed by atoms with Crippen molar-refractivity contribution in [2.24, 2.45) is 0 Å². The van der Waals surface area contributed by atoms with Crippen LogP contribution in [0.5, 0.6) is 5.75 Å². The van der Waals surface area contributed by atoms with Gasteiger partial charge in [0.15, 0.2) is 5.78 Å². The van der Waals surface area contributed by atoms with Gasteiger partial charge in [0.2, 0.25) is 0 Å². The van der Waals surface area contributed by atoms with Gasteiger partial charge in [-0.15, -0.1) is 0 Å². The highest BCUT2D eigenvalue weighted by Crippen LogP contribution is 2.29. The van der Waals surface area contributed by atoms with Crippen LogP contribution in [0.1, 0.15) is 48.5 Å². The molecule has 1 atom stereocenters. The van der Waals surface area contributed by atoms with Crippen molar-refractivity contribution in [3.05, 3.63) is 29.3 Å². The number of hydrogen-bond donors (Lipinski definition) is 0. The standard InChI is InChI=1S/C17H23NO2/c1-13-11-15-12-14(5-6-17(15)20-13)16(19)7-10-18-8-3-2-4-9-18/h5-6,12-13H,2-4,7-11H2,1H3. The minimum absolute atomic E-state index is 0.240. The van der Waals surface area contributed by atoms with Crippen LogP contribution < -0.4 is 4.74 Å². The van der Waals surface area contributed by atoms with Crippen LogP contribution in [0.25, 0.3) is 0 Å². The molecular weight excluding hydrogens is 250 g/mol. The molecule has 1 unspecified atom stereocenters. The molecule has 0 spiro atoms. The molecular formula is C17H23NO2. The zero-order valence-corrected chi connectivity index (χ0v) is 12.2. The van der Waals surface area contributed by atoms with Crippen LogP contribution in [0.4, 0.5) is 0 Å². The fourth-order valence-electron chi connectivity index (χ4n) is 3.18. The molecule has 0 aromatic heterocycles. The summed E-state index contributed by atoms with van der Waals surface area (Å²) in [5.41, 5.74) is 2.03. The number of likely N-dealkylation sites (tertiary alicyclic amines) is 1. The van der Waals surface area contributed by atoms with Gasteiger partial charge in [-0.2, -0.15) is 0 Å². The summed E-state index contributed by atoms with van der Waals surface area (Å²) in [5, 5.41) is 0. The Morgan fingerprint density at radius 1 is 1.30 bits per heavy atom. The molecule has 20 heavy (non-hydrogen) atoms. The van der Waals surface area contributed by atoms with Crippen molar-refractivity contribution < 1.29 is 9.53 Å². The second kappa shape index (κ2) is 5.96. The summed E-state index contributed by atoms with van der Waals surface area (Å²) in [5.74, 6) is 1.21. The summed E-state index contributed by atoms with van der Waals surface area (Å²) in [6.45, 7) is 5.28. The maximum absolute atomic E-state index is 12.3. The van der Waals surface area contributed by atoms with E-state index in [1.54, 1.807) is 0 Å². The van der Waals surface area contributed by atoms with Crippen molar-refractivity contribution in [2.75, 3.05) is 19.6 Å². The Bertz CT molecular complexity index is 492. The predicted octanol–water partition coefficient (Wildman–Crippen LogP) is 3.07. The number of rotatable bonds is 4. The van der Waals surface area contributed by atoms with E-state index >= 15 is 0 Å². The fraction of sp³-hybridized carbons (Fsp3) is 0.588. The molecule has 0 amide bonds. The SMILES string of the molecule is CC1Cc2cc(C(=O)CCN3CCCCC3)ccc2O1. The molecule has 0 N–H and O–H groups in total. The van der Waals surface area contributed by atoms with Crippen LogP contribution in [0.2, 0.25) is 0 Å². The van der Waals surface area contributed by atoms with E-state index in [4.69, 9.17) is 4.74 Å². The van der Waals surface area contributed by atoms with E-state index in [-0.39, 0.29) is 11.9 Å². The number of Topliss-reactive ketones (excluding diaryl/α,β-unsaturated/α-hetero) is 1. The molecule has 0 saturated carbocycles. The highest BCUT2D eigenvalue weighted by Gasteiger charge is 2.20. The number of hydrogen-bond acceptors (Lipinski definition) is 3. The van der Waals surface area contributed by atoms with Crippen LogP contribution in [0, 0.1) is 0 Å². The molecule has 1 fully saturated rings. The smallest absolute Gasteiger partial charge is 0.164 e. The summed E-state index contributed by atoms with van der Waals surface area (Å²) < 4.78 is 5.68.